The van der Waals surface area contributed by atoms with Gasteiger partial charge in [-0.15, -0.1) is 0 Å². The van der Waals surface area contributed by atoms with Gasteiger partial charge in [-0.1, -0.05) is 5.16 Å². The van der Waals surface area contributed by atoms with Crippen LogP contribution in [0.15, 0.2) is 59.4 Å². The van der Waals surface area contributed by atoms with Crippen molar-refractivity contribution in [3.05, 3.63) is 83.3 Å². The average molecular weight is 408 g/mol. The summed E-state index contributed by atoms with van der Waals surface area (Å²) in [6, 6.07) is 10.5. The summed E-state index contributed by atoms with van der Waals surface area (Å²) in [5.74, 6) is -0.0460. The van der Waals surface area contributed by atoms with E-state index < -0.39 is 5.82 Å². The van der Waals surface area contributed by atoms with Gasteiger partial charge in [0.15, 0.2) is 11.5 Å². The molecule has 1 aromatic carbocycles. The molecule has 0 aliphatic heterocycles. The third kappa shape index (κ3) is 5.08. The molecular weight excluding hydrogens is 387 g/mol. The third-order valence-corrected chi connectivity index (χ3v) is 4.89. The minimum atomic E-state index is -0.413. The first-order valence-corrected chi connectivity index (χ1v) is 9.76. The minimum Gasteiger partial charge on any atom is -0.359 e. The number of hydrogen-bond acceptors (Lipinski definition) is 5. The molecule has 1 N–H and O–H groups in total. The monoisotopic (exact) mass is 408 g/mol. The maximum Gasteiger partial charge on any atom is 0.273 e. The number of aromatic nitrogens is 2. The predicted molar refractivity (Wildman–Crippen MR) is 106 cm³/mol. The number of rotatable bonds is 8. The molecule has 30 heavy (non-hydrogen) atoms. The van der Waals surface area contributed by atoms with Gasteiger partial charge in [0, 0.05) is 37.1 Å². The molecule has 2 aromatic heterocycles. The first-order valence-electron chi connectivity index (χ1n) is 9.76. The minimum absolute atomic E-state index is 0.113. The Bertz CT molecular complexity index is 1020. The van der Waals surface area contributed by atoms with Crippen molar-refractivity contribution in [2.24, 2.45) is 5.92 Å². The zero-order valence-corrected chi connectivity index (χ0v) is 16.3. The molecule has 0 atom stereocenters. The summed E-state index contributed by atoms with van der Waals surface area (Å²) in [5.41, 5.74) is 1.42. The lowest BCUT2D eigenvalue weighted by Crippen LogP contribution is -2.30. The Morgan fingerprint density at radius 2 is 1.83 bits per heavy atom. The van der Waals surface area contributed by atoms with E-state index in [4.69, 9.17) is 4.52 Å². The van der Waals surface area contributed by atoms with E-state index in [1.54, 1.807) is 23.4 Å². The first-order chi connectivity index (χ1) is 14.6. The quantitative estimate of drug-likeness (QED) is 0.618. The number of carbonyl (C=O) groups is 2. The van der Waals surface area contributed by atoms with Crippen LogP contribution in [-0.4, -0.2) is 33.4 Å². The number of amides is 2. The zero-order valence-electron chi connectivity index (χ0n) is 16.3. The molecule has 4 rings (SSSR count). The second kappa shape index (κ2) is 8.86. The van der Waals surface area contributed by atoms with Gasteiger partial charge in [-0.3, -0.25) is 14.6 Å². The predicted octanol–water partition coefficient (Wildman–Crippen LogP) is 3.19. The van der Waals surface area contributed by atoms with Crippen molar-refractivity contribution in [1.29, 1.82) is 0 Å². The van der Waals surface area contributed by atoms with Gasteiger partial charge in [-0.2, -0.15) is 0 Å². The van der Waals surface area contributed by atoms with Gasteiger partial charge in [-0.25, -0.2) is 4.39 Å². The van der Waals surface area contributed by atoms with Crippen molar-refractivity contribution in [1.82, 2.24) is 20.4 Å². The van der Waals surface area contributed by atoms with Crippen molar-refractivity contribution in [2.45, 2.75) is 25.9 Å². The second-order valence-corrected chi connectivity index (χ2v) is 7.36. The molecule has 0 spiro atoms. The molecule has 1 saturated carbocycles. The third-order valence-electron chi connectivity index (χ3n) is 4.89. The fraction of sp³-hybridized carbons (Fsp3) is 0.273. The van der Waals surface area contributed by atoms with Crippen molar-refractivity contribution >= 4 is 11.8 Å². The SMILES string of the molecule is O=C(NCC1CC1)c1cc(CN(Cc2ccncc2)C(=O)c2ccc(F)cc2)on1. The number of benzene rings is 1. The van der Waals surface area contributed by atoms with E-state index in [1.165, 1.54) is 24.3 Å². The summed E-state index contributed by atoms with van der Waals surface area (Å²) in [7, 11) is 0. The number of pyridine rings is 1. The highest BCUT2D eigenvalue weighted by molar-refractivity contribution is 5.94. The van der Waals surface area contributed by atoms with Gasteiger partial charge >= 0.3 is 0 Å². The summed E-state index contributed by atoms with van der Waals surface area (Å²) in [5, 5.41) is 6.67. The van der Waals surface area contributed by atoms with Crippen LogP contribution in [0.1, 0.15) is 45.0 Å². The van der Waals surface area contributed by atoms with E-state index in [1.807, 2.05) is 12.1 Å². The Kier molecular flexibility index (Phi) is 5.83. The molecule has 3 aromatic rings. The summed E-state index contributed by atoms with van der Waals surface area (Å²) in [4.78, 5) is 30.8. The van der Waals surface area contributed by atoms with Gasteiger partial charge in [0.05, 0.1) is 6.54 Å². The van der Waals surface area contributed by atoms with E-state index in [0.29, 0.717) is 30.3 Å². The van der Waals surface area contributed by atoms with Gasteiger partial charge in [0.1, 0.15) is 5.82 Å². The topological polar surface area (TPSA) is 88.3 Å². The van der Waals surface area contributed by atoms with Crippen LogP contribution in [0.4, 0.5) is 4.39 Å². The van der Waals surface area contributed by atoms with E-state index in [0.717, 1.165) is 18.4 Å². The summed E-state index contributed by atoms with van der Waals surface area (Å²) in [6.07, 6.45) is 5.57. The molecule has 1 aliphatic rings. The number of carbonyl (C=O) groups excluding carboxylic acids is 2. The highest BCUT2D eigenvalue weighted by Crippen LogP contribution is 2.27. The van der Waals surface area contributed by atoms with Crippen molar-refractivity contribution in [3.8, 4) is 0 Å². The van der Waals surface area contributed by atoms with Crippen LogP contribution in [0.2, 0.25) is 0 Å². The number of nitrogens with one attached hydrogen (secondary N) is 1. The van der Waals surface area contributed by atoms with Crippen molar-refractivity contribution in [2.75, 3.05) is 6.54 Å². The number of nitrogens with zero attached hydrogens (tertiary/aromatic N) is 3. The molecule has 0 radical (unpaired) electrons. The van der Waals surface area contributed by atoms with Crippen LogP contribution in [-0.2, 0) is 13.1 Å². The maximum atomic E-state index is 13.2. The average Bonchev–Trinajstić information content (AvgIpc) is 3.48. The standard InChI is InChI=1S/C22H21FN4O3/c23-18-5-3-17(4-6-18)22(29)27(13-16-7-9-24-10-8-16)14-19-11-20(26-30-19)21(28)25-12-15-1-2-15/h3-11,15H,1-2,12-14H2,(H,25,28). The van der Waals surface area contributed by atoms with Gasteiger partial charge in [0.25, 0.3) is 11.8 Å². The Labute approximate surface area is 172 Å². The fourth-order valence-corrected chi connectivity index (χ4v) is 3.02. The Morgan fingerprint density at radius 1 is 1.10 bits per heavy atom. The lowest BCUT2D eigenvalue weighted by Gasteiger charge is -2.21. The van der Waals surface area contributed by atoms with E-state index in [9.17, 15) is 14.0 Å². The van der Waals surface area contributed by atoms with Crippen LogP contribution in [0.25, 0.3) is 0 Å². The van der Waals surface area contributed by atoms with Crippen LogP contribution >= 0.6 is 0 Å². The zero-order chi connectivity index (χ0) is 20.9. The molecule has 0 bridgehead atoms. The summed E-state index contributed by atoms with van der Waals surface area (Å²) >= 11 is 0. The van der Waals surface area contributed by atoms with Gasteiger partial charge in [0.2, 0.25) is 0 Å². The van der Waals surface area contributed by atoms with Crippen LogP contribution < -0.4 is 5.32 Å². The molecule has 0 unspecified atom stereocenters. The first kappa shape index (κ1) is 19.8. The lowest BCUT2D eigenvalue weighted by atomic mass is 10.1. The Balaban J connectivity index is 1.49. The molecule has 2 heterocycles. The smallest absolute Gasteiger partial charge is 0.273 e. The lowest BCUT2D eigenvalue weighted by molar-refractivity contribution is 0.0713. The van der Waals surface area contributed by atoms with Crippen LogP contribution in [0.3, 0.4) is 0 Å². The molecular formula is C22H21FN4O3. The number of halogens is 1. The molecule has 154 valence electrons. The maximum absolute atomic E-state index is 13.2. The molecule has 2 amide bonds. The Morgan fingerprint density at radius 3 is 2.53 bits per heavy atom. The fourth-order valence-electron chi connectivity index (χ4n) is 3.02. The summed E-state index contributed by atoms with van der Waals surface area (Å²) in [6.45, 7) is 1.04. The molecule has 1 fully saturated rings. The Hall–Kier alpha value is -3.55. The summed E-state index contributed by atoms with van der Waals surface area (Å²) < 4.78 is 18.6. The van der Waals surface area contributed by atoms with E-state index >= 15 is 0 Å². The van der Waals surface area contributed by atoms with Crippen LogP contribution in [0, 0.1) is 11.7 Å². The largest absolute Gasteiger partial charge is 0.359 e. The van der Waals surface area contributed by atoms with Gasteiger partial charge < -0.3 is 14.7 Å². The molecule has 0 saturated heterocycles. The highest BCUT2D eigenvalue weighted by atomic mass is 19.1. The van der Waals surface area contributed by atoms with E-state index in [2.05, 4.69) is 15.5 Å². The normalized spacial score (nSPS) is 13.1. The second-order valence-electron chi connectivity index (χ2n) is 7.36. The molecule has 8 heteroatoms. The van der Waals surface area contributed by atoms with Crippen molar-refractivity contribution in [3.63, 3.8) is 0 Å². The van der Waals surface area contributed by atoms with Crippen LogP contribution in [0.5, 0.6) is 0 Å². The highest BCUT2D eigenvalue weighted by Gasteiger charge is 2.24. The molecule has 7 nitrogen and oxygen atoms in total. The number of hydrogen-bond donors (Lipinski definition) is 1. The molecule has 1 aliphatic carbocycles. The van der Waals surface area contributed by atoms with Crippen molar-refractivity contribution < 1.29 is 18.5 Å². The van der Waals surface area contributed by atoms with E-state index in [-0.39, 0.29) is 24.1 Å². The van der Waals surface area contributed by atoms with Gasteiger partial charge in [-0.05, 0) is 60.7 Å².